The third-order valence-corrected chi connectivity index (χ3v) is 2.50. The van der Waals surface area contributed by atoms with Gasteiger partial charge in [0.1, 0.15) is 0 Å². The molecule has 0 amide bonds. The van der Waals surface area contributed by atoms with E-state index in [1.54, 1.807) is 0 Å². The molecule has 0 aromatic heterocycles. The Hall–Kier alpha value is -0.820. The minimum Gasteiger partial charge on any atom is -0.316 e. The third kappa shape index (κ3) is 1.67. The van der Waals surface area contributed by atoms with Crippen molar-refractivity contribution in [3.05, 3.63) is 35.9 Å². The van der Waals surface area contributed by atoms with Gasteiger partial charge < -0.3 is 5.32 Å². The lowest BCUT2D eigenvalue weighted by Gasteiger charge is -2.22. The second kappa shape index (κ2) is 3.72. The summed E-state index contributed by atoms with van der Waals surface area (Å²) < 4.78 is 0. The monoisotopic (exact) mass is 160 g/mol. The molecule has 1 saturated heterocycles. The van der Waals surface area contributed by atoms with Crippen LogP contribution in [0.4, 0.5) is 0 Å². The first-order valence-corrected chi connectivity index (χ1v) is 4.63. The smallest absolute Gasteiger partial charge is 0.00201 e. The fourth-order valence-electron chi connectivity index (χ4n) is 1.80. The van der Waals surface area contributed by atoms with Gasteiger partial charge in [0.05, 0.1) is 0 Å². The third-order valence-electron chi connectivity index (χ3n) is 2.50. The predicted molar refractivity (Wildman–Crippen MR) is 50.1 cm³/mol. The van der Waals surface area contributed by atoms with E-state index in [2.05, 4.69) is 29.6 Å². The zero-order valence-electron chi connectivity index (χ0n) is 7.22. The van der Waals surface area contributed by atoms with E-state index in [9.17, 15) is 0 Å². The van der Waals surface area contributed by atoms with Crippen molar-refractivity contribution in [3.8, 4) is 0 Å². The van der Waals surface area contributed by atoms with Gasteiger partial charge in [-0.05, 0) is 36.9 Å². The lowest BCUT2D eigenvalue weighted by Crippen LogP contribution is -2.28. The van der Waals surface area contributed by atoms with Gasteiger partial charge in [0, 0.05) is 6.54 Å². The van der Waals surface area contributed by atoms with Crippen LogP contribution in [0.25, 0.3) is 0 Å². The lowest BCUT2D eigenvalue weighted by atomic mass is 9.92. The highest BCUT2D eigenvalue weighted by Crippen LogP contribution is 2.21. The van der Waals surface area contributed by atoms with E-state index < -0.39 is 0 Å². The van der Waals surface area contributed by atoms with E-state index >= 15 is 0 Å². The van der Waals surface area contributed by atoms with Gasteiger partial charge in [-0.25, -0.2) is 0 Å². The highest BCUT2D eigenvalue weighted by Gasteiger charge is 2.13. The SMILES string of the molecule is [c]1cccc(C2CCCNC2)c1. The quantitative estimate of drug-likeness (QED) is 0.662. The normalized spacial score (nSPS) is 23.8. The molecule has 1 aromatic rings. The Balaban J connectivity index is 2.08. The molecule has 1 aromatic carbocycles. The van der Waals surface area contributed by atoms with Crippen molar-refractivity contribution in [2.24, 2.45) is 0 Å². The number of rotatable bonds is 1. The van der Waals surface area contributed by atoms with Gasteiger partial charge in [-0.15, -0.1) is 0 Å². The van der Waals surface area contributed by atoms with Crippen LogP contribution in [0.2, 0.25) is 0 Å². The molecule has 0 aliphatic carbocycles. The minimum absolute atomic E-state index is 0.719. The minimum atomic E-state index is 0.719. The van der Waals surface area contributed by atoms with Gasteiger partial charge in [0.25, 0.3) is 0 Å². The summed E-state index contributed by atoms with van der Waals surface area (Å²) in [6.45, 7) is 2.32. The van der Waals surface area contributed by atoms with Crippen LogP contribution in [0.3, 0.4) is 0 Å². The molecule has 1 radical (unpaired) electrons. The highest BCUT2D eigenvalue weighted by atomic mass is 14.9. The molecular weight excluding hydrogens is 146 g/mol. The summed E-state index contributed by atoms with van der Waals surface area (Å²) in [5.41, 5.74) is 1.43. The largest absolute Gasteiger partial charge is 0.316 e. The molecule has 1 N–H and O–H groups in total. The van der Waals surface area contributed by atoms with Crippen LogP contribution in [-0.2, 0) is 0 Å². The van der Waals surface area contributed by atoms with Crippen molar-refractivity contribution in [1.82, 2.24) is 5.32 Å². The average Bonchev–Trinajstić information content (AvgIpc) is 2.21. The van der Waals surface area contributed by atoms with Crippen LogP contribution in [0, 0.1) is 6.07 Å². The molecule has 2 rings (SSSR count). The van der Waals surface area contributed by atoms with E-state index in [4.69, 9.17) is 0 Å². The molecular formula is C11H14N. The van der Waals surface area contributed by atoms with E-state index in [0.717, 1.165) is 12.5 Å². The van der Waals surface area contributed by atoms with Crippen molar-refractivity contribution in [2.45, 2.75) is 18.8 Å². The second-order valence-corrected chi connectivity index (χ2v) is 3.38. The second-order valence-electron chi connectivity index (χ2n) is 3.38. The topological polar surface area (TPSA) is 12.0 Å². The van der Waals surface area contributed by atoms with Crippen molar-refractivity contribution in [2.75, 3.05) is 13.1 Å². The van der Waals surface area contributed by atoms with Crippen molar-refractivity contribution in [1.29, 1.82) is 0 Å². The molecule has 0 spiro atoms. The van der Waals surface area contributed by atoms with Crippen molar-refractivity contribution in [3.63, 3.8) is 0 Å². The maximum Gasteiger partial charge on any atom is 0.00201 e. The summed E-state index contributed by atoms with van der Waals surface area (Å²) in [5.74, 6) is 0.719. The Morgan fingerprint density at radius 3 is 3.17 bits per heavy atom. The van der Waals surface area contributed by atoms with Crippen molar-refractivity contribution < 1.29 is 0 Å². The maximum absolute atomic E-state index is 3.42. The van der Waals surface area contributed by atoms with Gasteiger partial charge in [0.15, 0.2) is 0 Å². The van der Waals surface area contributed by atoms with Gasteiger partial charge in [-0.3, -0.25) is 0 Å². The van der Waals surface area contributed by atoms with Crippen LogP contribution < -0.4 is 5.32 Å². The fourth-order valence-corrected chi connectivity index (χ4v) is 1.80. The lowest BCUT2D eigenvalue weighted by molar-refractivity contribution is 0.461. The molecule has 1 aliphatic rings. The maximum atomic E-state index is 3.42. The number of hydrogen-bond acceptors (Lipinski definition) is 1. The van der Waals surface area contributed by atoms with Crippen molar-refractivity contribution >= 4 is 0 Å². The highest BCUT2D eigenvalue weighted by molar-refractivity contribution is 5.19. The van der Waals surface area contributed by atoms with Crippen LogP contribution in [0.15, 0.2) is 24.3 Å². The predicted octanol–water partition coefficient (Wildman–Crippen LogP) is 1.95. The molecule has 0 saturated carbocycles. The van der Waals surface area contributed by atoms with E-state index in [-0.39, 0.29) is 0 Å². The fraction of sp³-hybridized carbons (Fsp3) is 0.455. The van der Waals surface area contributed by atoms with E-state index in [1.807, 2.05) is 6.07 Å². The molecule has 1 fully saturated rings. The first kappa shape index (κ1) is 7.81. The molecule has 1 aliphatic heterocycles. The molecule has 12 heavy (non-hydrogen) atoms. The molecule has 1 nitrogen and oxygen atoms in total. The molecule has 1 heteroatoms. The van der Waals surface area contributed by atoms with Gasteiger partial charge in [-0.1, -0.05) is 24.3 Å². The molecule has 1 atom stereocenters. The molecule has 63 valence electrons. The Morgan fingerprint density at radius 1 is 1.50 bits per heavy atom. The van der Waals surface area contributed by atoms with Crippen LogP contribution in [0.1, 0.15) is 24.3 Å². The number of benzene rings is 1. The molecule has 1 unspecified atom stereocenters. The van der Waals surface area contributed by atoms with E-state index in [0.29, 0.717) is 0 Å². The summed E-state index contributed by atoms with van der Waals surface area (Å²) in [7, 11) is 0. The Bertz CT molecular complexity index is 224. The first-order chi connectivity index (χ1) is 5.97. The summed E-state index contributed by atoms with van der Waals surface area (Å²) in [6.07, 6.45) is 2.63. The standard InChI is InChI=1S/C11H14N/c1-2-5-10(6-3-1)11-7-4-8-12-9-11/h1-2,5-6,11-12H,4,7-9H2. The van der Waals surface area contributed by atoms with Crippen LogP contribution >= 0.6 is 0 Å². The summed E-state index contributed by atoms with van der Waals surface area (Å²) in [6, 6.07) is 11.5. The Morgan fingerprint density at radius 2 is 2.50 bits per heavy atom. The summed E-state index contributed by atoms with van der Waals surface area (Å²) >= 11 is 0. The average molecular weight is 160 g/mol. The van der Waals surface area contributed by atoms with Gasteiger partial charge in [0.2, 0.25) is 0 Å². The van der Waals surface area contributed by atoms with E-state index in [1.165, 1.54) is 24.9 Å². The molecule has 1 heterocycles. The number of nitrogens with one attached hydrogen (secondary N) is 1. The molecule has 0 bridgehead atoms. The zero-order valence-corrected chi connectivity index (χ0v) is 7.22. The number of piperidine rings is 1. The summed E-state index contributed by atoms with van der Waals surface area (Å²) in [4.78, 5) is 0. The van der Waals surface area contributed by atoms with Crippen LogP contribution in [-0.4, -0.2) is 13.1 Å². The van der Waals surface area contributed by atoms with Crippen LogP contribution in [0.5, 0.6) is 0 Å². The van der Waals surface area contributed by atoms with Gasteiger partial charge in [-0.2, -0.15) is 0 Å². The summed E-state index contributed by atoms with van der Waals surface area (Å²) in [5, 5.41) is 3.42. The number of hydrogen-bond donors (Lipinski definition) is 1. The zero-order chi connectivity index (χ0) is 8.23. The Labute approximate surface area is 73.8 Å². The first-order valence-electron chi connectivity index (χ1n) is 4.63. The van der Waals surface area contributed by atoms with Gasteiger partial charge >= 0.3 is 0 Å². The Kier molecular flexibility index (Phi) is 2.42.